The summed E-state index contributed by atoms with van der Waals surface area (Å²) in [5.41, 5.74) is 3.35. The second kappa shape index (κ2) is 7.70. The first-order chi connectivity index (χ1) is 13.5. The van der Waals surface area contributed by atoms with Gasteiger partial charge in [0.15, 0.2) is 0 Å². The minimum atomic E-state index is -0.347. The number of hydrogen-bond acceptors (Lipinski definition) is 3. The number of benzene rings is 3. The molecule has 0 aliphatic heterocycles. The van der Waals surface area contributed by atoms with Crippen LogP contribution in [0.4, 0.5) is 0 Å². The normalized spacial score (nSPS) is 11.0. The Labute approximate surface area is 172 Å². The molecule has 4 rings (SSSR count). The summed E-state index contributed by atoms with van der Waals surface area (Å²) in [6.45, 7) is 2.27. The maximum absolute atomic E-state index is 12.5. The van der Waals surface area contributed by atoms with Crippen LogP contribution in [-0.2, 0) is 6.61 Å². The highest BCUT2D eigenvalue weighted by atomic mass is 35.5. The molecule has 5 heteroatoms. The average Bonchev–Trinajstić information content (AvgIpc) is 2.70. The molecule has 0 saturated carbocycles. The zero-order valence-corrected chi connectivity index (χ0v) is 16.6. The van der Waals surface area contributed by atoms with Crippen molar-refractivity contribution >= 4 is 34.2 Å². The van der Waals surface area contributed by atoms with Gasteiger partial charge >= 0.3 is 5.63 Å². The highest BCUT2D eigenvalue weighted by Gasteiger charge is 2.14. The van der Waals surface area contributed by atoms with Crippen LogP contribution in [0.15, 0.2) is 75.9 Å². The van der Waals surface area contributed by atoms with E-state index < -0.39 is 0 Å². The Morgan fingerprint density at radius 1 is 0.929 bits per heavy atom. The largest absolute Gasteiger partial charge is 0.489 e. The van der Waals surface area contributed by atoms with E-state index in [1.807, 2.05) is 49.4 Å². The van der Waals surface area contributed by atoms with Gasteiger partial charge in [0.25, 0.3) is 0 Å². The molecule has 0 spiro atoms. The summed E-state index contributed by atoms with van der Waals surface area (Å²) in [5, 5.41) is 1.84. The minimum absolute atomic E-state index is 0.347. The van der Waals surface area contributed by atoms with E-state index in [9.17, 15) is 4.79 Å². The number of ether oxygens (including phenoxy) is 1. The third-order valence-electron chi connectivity index (χ3n) is 4.59. The van der Waals surface area contributed by atoms with Gasteiger partial charge in [-0.1, -0.05) is 59.6 Å². The number of halogens is 2. The van der Waals surface area contributed by atoms with Crippen LogP contribution in [0.25, 0.3) is 22.1 Å². The van der Waals surface area contributed by atoms with Crippen molar-refractivity contribution in [2.45, 2.75) is 13.5 Å². The Hall–Kier alpha value is -2.75. The van der Waals surface area contributed by atoms with E-state index in [0.717, 1.165) is 22.1 Å². The molecule has 1 heterocycles. The number of fused-ring (bicyclic) bond motifs is 1. The molecular weight excluding hydrogens is 395 g/mol. The maximum Gasteiger partial charge on any atom is 0.344 e. The summed E-state index contributed by atoms with van der Waals surface area (Å²) in [5.74, 6) is 0.675. The number of aryl methyl sites for hydroxylation is 1. The average molecular weight is 411 g/mol. The van der Waals surface area contributed by atoms with E-state index in [0.29, 0.717) is 33.5 Å². The Morgan fingerprint density at radius 2 is 1.71 bits per heavy atom. The van der Waals surface area contributed by atoms with Crippen molar-refractivity contribution < 1.29 is 9.15 Å². The van der Waals surface area contributed by atoms with Crippen LogP contribution in [-0.4, -0.2) is 0 Å². The maximum atomic E-state index is 12.5. The molecule has 0 N–H and O–H groups in total. The van der Waals surface area contributed by atoms with Crippen LogP contribution in [0.3, 0.4) is 0 Å². The monoisotopic (exact) mass is 410 g/mol. The van der Waals surface area contributed by atoms with Crippen LogP contribution >= 0.6 is 23.2 Å². The lowest BCUT2D eigenvalue weighted by Crippen LogP contribution is -2.06. The Morgan fingerprint density at radius 3 is 2.46 bits per heavy atom. The molecule has 0 aliphatic carbocycles. The topological polar surface area (TPSA) is 39.4 Å². The van der Waals surface area contributed by atoms with Crippen molar-refractivity contribution in [3.8, 4) is 16.9 Å². The van der Waals surface area contributed by atoms with E-state index in [4.69, 9.17) is 32.4 Å². The highest BCUT2D eigenvalue weighted by molar-refractivity contribution is 6.42. The van der Waals surface area contributed by atoms with E-state index in [1.54, 1.807) is 24.3 Å². The quantitative estimate of drug-likeness (QED) is 0.353. The van der Waals surface area contributed by atoms with Gasteiger partial charge in [-0.2, -0.15) is 0 Å². The third kappa shape index (κ3) is 3.64. The lowest BCUT2D eigenvalue weighted by Gasteiger charge is -2.11. The summed E-state index contributed by atoms with van der Waals surface area (Å²) in [7, 11) is 0. The first kappa shape index (κ1) is 18.6. The van der Waals surface area contributed by atoms with Crippen molar-refractivity contribution in [3.63, 3.8) is 0 Å². The fraction of sp³-hybridized carbons (Fsp3) is 0.0870. The lowest BCUT2D eigenvalue weighted by atomic mass is 9.99. The second-order valence-corrected chi connectivity index (χ2v) is 7.27. The Bertz CT molecular complexity index is 1210. The fourth-order valence-electron chi connectivity index (χ4n) is 3.15. The molecule has 0 unspecified atom stereocenters. The molecule has 0 amide bonds. The predicted molar refractivity (Wildman–Crippen MR) is 113 cm³/mol. The summed E-state index contributed by atoms with van der Waals surface area (Å²) in [6, 6.07) is 20.3. The summed E-state index contributed by atoms with van der Waals surface area (Å²) in [4.78, 5) is 12.5. The molecule has 3 nitrogen and oxygen atoms in total. The molecule has 0 bridgehead atoms. The van der Waals surface area contributed by atoms with Crippen LogP contribution in [0.1, 0.15) is 11.1 Å². The summed E-state index contributed by atoms with van der Waals surface area (Å²) in [6.07, 6.45) is 0. The van der Waals surface area contributed by atoms with Crippen LogP contribution in [0.2, 0.25) is 10.0 Å². The van der Waals surface area contributed by atoms with Gasteiger partial charge in [-0.25, -0.2) is 4.79 Å². The molecular formula is C23H16Cl2O3. The van der Waals surface area contributed by atoms with Crippen LogP contribution < -0.4 is 10.4 Å². The molecule has 0 aliphatic rings. The van der Waals surface area contributed by atoms with Gasteiger partial charge in [-0.3, -0.25) is 0 Å². The first-order valence-electron chi connectivity index (χ1n) is 8.72. The van der Waals surface area contributed by atoms with Gasteiger partial charge in [0.2, 0.25) is 0 Å². The predicted octanol–water partition coefficient (Wildman–Crippen LogP) is 6.65. The van der Waals surface area contributed by atoms with Gasteiger partial charge < -0.3 is 9.15 Å². The zero-order chi connectivity index (χ0) is 19.7. The molecule has 0 atom stereocenters. The second-order valence-electron chi connectivity index (χ2n) is 6.45. The van der Waals surface area contributed by atoms with Gasteiger partial charge in [0, 0.05) is 5.39 Å². The van der Waals surface area contributed by atoms with Crippen LogP contribution in [0, 0.1) is 6.92 Å². The minimum Gasteiger partial charge on any atom is -0.489 e. The Kier molecular flexibility index (Phi) is 5.12. The summed E-state index contributed by atoms with van der Waals surface area (Å²) >= 11 is 12.0. The van der Waals surface area contributed by atoms with E-state index in [-0.39, 0.29) is 5.63 Å². The summed E-state index contributed by atoms with van der Waals surface area (Å²) < 4.78 is 11.4. The van der Waals surface area contributed by atoms with Crippen molar-refractivity contribution in [3.05, 3.63) is 98.3 Å². The zero-order valence-electron chi connectivity index (χ0n) is 15.0. The van der Waals surface area contributed by atoms with E-state index in [2.05, 4.69) is 0 Å². The molecule has 4 aromatic rings. The van der Waals surface area contributed by atoms with Gasteiger partial charge in [-0.05, 0) is 53.9 Å². The van der Waals surface area contributed by atoms with Gasteiger partial charge in [0.05, 0.1) is 15.6 Å². The third-order valence-corrected chi connectivity index (χ3v) is 5.33. The molecule has 0 saturated heterocycles. The highest BCUT2D eigenvalue weighted by Crippen LogP contribution is 2.30. The molecule has 0 radical (unpaired) electrons. The van der Waals surface area contributed by atoms with Crippen molar-refractivity contribution in [1.82, 2.24) is 0 Å². The molecule has 3 aromatic carbocycles. The Balaban J connectivity index is 1.70. The van der Waals surface area contributed by atoms with Crippen molar-refractivity contribution in [2.75, 3.05) is 0 Å². The van der Waals surface area contributed by atoms with E-state index >= 15 is 0 Å². The lowest BCUT2D eigenvalue weighted by molar-refractivity contribution is 0.306. The van der Waals surface area contributed by atoms with Crippen LogP contribution in [0.5, 0.6) is 5.75 Å². The SMILES string of the molecule is Cc1c(-c2ccccc2)c(=O)oc2ccc(OCc3ccc(Cl)c(Cl)c3)cc12. The fourth-order valence-corrected chi connectivity index (χ4v) is 3.48. The van der Waals surface area contributed by atoms with Crippen molar-refractivity contribution in [2.24, 2.45) is 0 Å². The standard InChI is InChI=1S/C23H16Cl2O3/c1-14-18-12-17(27-13-15-7-9-19(24)20(25)11-15)8-10-21(18)28-23(26)22(14)16-5-3-2-4-6-16/h2-12H,13H2,1H3. The van der Waals surface area contributed by atoms with Gasteiger partial charge in [0.1, 0.15) is 17.9 Å². The smallest absolute Gasteiger partial charge is 0.344 e. The number of hydrogen-bond donors (Lipinski definition) is 0. The number of rotatable bonds is 4. The van der Waals surface area contributed by atoms with Crippen molar-refractivity contribution in [1.29, 1.82) is 0 Å². The van der Waals surface area contributed by atoms with Gasteiger partial charge in [-0.15, -0.1) is 0 Å². The molecule has 28 heavy (non-hydrogen) atoms. The molecule has 1 aromatic heterocycles. The molecule has 140 valence electrons. The molecule has 0 fully saturated rings. The first-order valence-corrected chi connectivity index (χ1v) is 9.48. The van der Waals surface area contributed by atoms with E-state index in [1.165, 1.54) is 0 Å².